The first kappa shape index (κ1) is 35.5. The van der Waals surface area contributed by atoms with Gasteiger partial charge in [0.05, 0.1) is 29.2 Å². The number of carbonyl (C=O) groups excluding carboxylic acids is 2. The molecule has 0 bridgehead atoms. The van der Waals surface area contributed by atoms with Gasteiger partial charge >= 0.3 is 0 Å². The van der Waals surface area contributed by atoms with Crippen LogP contribution >= 0.6 is 11.3 Å². The summed E-state index contributed by atoms with van der Waals surface area (Å²) < 4.78 is 38.2. The third-order valence-corrected chi connectivity index (χ3v) is 12.4. The molecule has 3 fully saturated rings. The smallest absolute Gasteiger partial charge is 0.264 e. The van der Waals surface area contributed by atoms with Crippen LogP contribution in [0.3, 0.4) is 0 Å². The van der Waals surface area contributed by atoms with Gasteiger partial charge in [0.2, 0.25) is 10.0 Å². The third-order valence-electron chi connectivity index (χ3n) is 9.98. The molecule has 49 heavy (non-hydrogen) atoms. The number of benzene rings is 1. The Bertz CT molecular complexity index is 1880. The number of thiophene rings is 1. The van der Waals surface area contributed by atoms with Crippen LogP contribution in [0.2, 0.25) is 0 Å². The average Bonchev–Trinajstić information content (AvgIpc) is 3.71. The molecule has 0 atom stereocenters. The second kappa shape index (κ2) is 14.5. The third kappa shape index (κ3) is 7.56. The number of amides is 2. The van der Waals surface area contributed by atoms with Crippen molar-refractivity contribution >= 4 is 43.3 Å². The summed E-state index contributed by atoms with van der Waals surface area (Å²) in [5.74, 6) is -0.0312. The van der Waals surface area contributed by atoms with E-state index >= 15 is 0 Å². The number of sulfonamides is 1. The number of hydrogen-bond donors (Lipinski definition) is 1. The molecule has 1 aromatic carbocycles. The summed E-state index contributed by atoms with van der Waals surface area (Å²) >= 11 is 1.24. The highest BCUT2D eigenvalue weighted by molar-refractivity contribution is 7.88. The van der Waals surface area contributed by atoms with E-state index in [0.717, 1.165) is 63.4 Å². The molecule has 2 amide bonds. The SMILES string of the molecule is COCCCN1CC2(CCN(CCNC(=O)c3ccc(-c4cn(C)c(=O)c5cc(C(=O)N6CCN(S(C)(=O)=O)CC6)sc45)cc3OC)C2)C1. The van der Waals surface area contributed by atoms with Gasteiger partial charge in [-0.2, -0.15) is 4.31 Å². The van der Waals surface area contributed by atoms with Crippen LogP contribution in [-0.4, -0.2) is 143 Å². The Kier molecular flexibility index (Phi) is 10.5. The van der Waals surface area contributed by atoms with E-state index < -0.39 is 10.0 Å². The van der Waals surface area contributed by atoms with Crippen LogP contribution in [0.15, 0.2) is 35.3 Å². The van der Waals surface area contributed by atoms with Crippen molar-refractivity contribution in [2.45, 2.75) is 12.8 Å². The van der Waals surface area contributed by atoms with Gasteiger partial charge in [0.25, 0.3) is 17.4 Å². The van der Waals surface area contributed by atoms with Crippen LogP contribution in [0.4, 0.5) is 0 Å². The second-order valence-electron chi connectivity index (χ2n) is 13.5. The highest BCUT2D eigenvalue weighted by atomic mass is 32.2. The number of aromatic nitrogens is 1. The summed E-state index contributed by atoms with van der Waals surface area (Å²) in [5.41, 5.74) is 2.07. The monoisotopic (exact) mass is 714 g/mol. The van der Waals surface area contributed by atoms with Crippen molar-refractivity contribution in [2.24, 2.45) is 12.5 Å². The van der Waals surface area contributed by atoms with Crippen LogP contribution in [0, 0.1) is 5.41 Å². The molecule has 266 valence electrons. The van der Waals surface area contributed by atoms with Gasteiger partial charge < -0.3 is 34.1 Å². The molecule has 3 aromatic rings. The lowest BCUT2D eigenvalue weighted by Gasteiger charge is -2.48. The number of nitrogens with one attached hydrogen (secondary N) is 1. The van der Waals surface area contributed by atoms with Gasteiger partial charge in [-0.25, -0.2) is 8.42 Å². The summed E-state index contributed by atoms with van der Waals surface area (Å²) in [4.78, 5) is 46.9. The predicted octanol–water partition coefficient (Wildman–Crippen LogP) is 1.77. The number of methoxy groups -OCH3 is 2. The fraction of sp³-hybridized carbons (Fsp3) is 0.559. The van der Waals surface area contributed by atoms with E-state index in [2.05, 4.69) is 15.1 Å². The maximum absolute atomic E-state index is 13.5. The molecule has 3 aliphatic rings. The molecule has 5 heterocycles. The molecular formula is C34H46N6O7S2. The van der Waals surface area contributed by atoms with Crippen molar-refractivity contribution in [3.8, 4) is 16.9 Å². The van der Waals surface area contributed by atoms with Crippen LogP contribution in [-0.2, 0) is 21.8 Å². The maximum Gasteiger partial charge on any atom is 0.264 e. The number of rotatable bonds is 12. The average molecular weight is 715 g/mol. The van der Waals surface area contributed by atoms with Crippen LogP contribution < -0.4 is 15.6 Å². The molecule has 0 radical (unpaired) electrons. The topological polar surface area (TPSA) is 134 Å². The fourth-order valence-electron chi connectivity index (χ4n) is 7.38. The molecule has 3 saturated heterocycles. The number of nitrogens with zero attached hydrogens (tertiary/aromatic N) is 5. The van der Waals surface area contributed by atoms with E-state index in [-0.39, 0.29) is 43.6 Å². The molecule has 1 N–H and O–H groups in total. The van der Waals surface area contributed by atoms with Gasteiger partial charge in [0.15, 0.2) is 0 Å². The Labute approximate surface area is 291 Å². The molecule has 15 heteroatoms. The van der Waals surface area contributed by atoms with E-state index in [1.54, 1.807) is 43.5 Å². The zero-order valence-corrected chi connectivity index (χ0v) is 30.3. The molecule has 6 rings (SSSR count). The summed E-state index contributed by atoms with van der Waals surface area (Å²) in [6.07, 6.45) is 5.16. The van der Waals surface area contributed by atoms with Crippen molar-refractivity contribution in [3.63, 3.8) is 0 Å². The first-order valence-electron chi connectivity index (χ1n) is 16.7. The van der Waals surface area contributed by atoms with Crippen molar-refractivity contribution in [1.29, 1.82) is 0 Å². The standard InChI is InChI=1S/C34H46N6O7S2/c1-36-20-27(30-26(32(36)42)19-29(48-30)33(43)39-13-15-40(16-14-39)49(4,44)45)24-6-7-25(28(18-24)47-3)31(41)35-9-12-37-11-8-34(21-37)22-38(23-34)10-5-17-46-2/h6-7,18-20H,5,8-17,21-23H2,1-4H3,(H,35,41). The Morgan fingerprint density at radius 3 is 2.43 bits per heavy atom. The lowest BCUT2D eigenvalue weighted by molar-refractivity contribution is 0.00366. The number of likely N-dealkylation sites (tertiary alicyclic amines) is 2. The minimum absolute atomic E-state index is 0.212. The van der Waals surface area contributed by atoms with E-state index in [9.17, 15) is 22.8 Å². The second-order valence-corrected chi connectivity index (χ2v) is 16.6. The minimum Gasteiger partial charge on any atom is -0.496 e. The van der Waals surface area contributed by atoms with E-state index in [4.69, 9.17) is 9.47 Å². The number of carbonyl (C=O) groups is 2. The highest BCUT2D eigenvalue weighted by Crippen LogP contribution is 2.39. The predicted molar refractivity (Wildman–Crippen MR) is 190 cm³/mol. The fourth-order valence-corrected chi connectivity index (χ4v) is 9.36. The lowest BCUT2D eigenvalue weighted by atomic mass is 9.79. The number of aryl methyl sites for hydroxylation is 1. The van der Waals surface area contributed by atoms with Crippen molar-refractivity contribution in [2.75, 3.05) is 99.1 Å². The normalized spacial score (nSPS) is 18.7. The van der Waals surface area contributed by atoms with Crippen molar-refractivity contribution in [1.82, 2.24) is 28.9 Å². The molecule has 13 nitrogen and oxygen atoms in total. The minimum atomic E-state index is -3.32. The molecule has 0 aliphatic carbocycles. The molecular weight excluding hydrogens is 669 g/mol. The van der Waals surface area contributed by atoms with Crippen LogP contribution in [0.1, 0.15) is 32.9 Å². The van der Waals surface area contributed by atoms with Gasteiger partial charge in [-0.15, -0.1) is 11.3 Å². The Morgan fingerprint density at radius 2 is 1.73 bits per heavy atom. The Balaban J connectivity index is 1.11. The first-order valence-corrected chi connectivity index (χ1v) is 19.4. The van der Waals surface area contributed by atoms with Gasteiger partial charge in [-0.3, -0.25) is 14.4 Å². The van der Waals surface area contributed by atoms with Crippen LogP contribution in [0.25, 0.3) is 21.2 Å². The number of piperazine rings is 1. The Morgan fingerprint density at radius 1 is 1.00 bits per heavy atom. The molecule has 0 saturated carbocycles. The molecule has 3 aliphatic heterocycles. The number of fused-ring (bicyclic) bond motifs is 1. The van der Waals surface area contributed by atoms with Crippen LogP contribution in [0.5, 0.6) is 5.75 Å². The summed E-state index contributed by atoms with van der Waals surface area (Å²) in [6, 6.07) is 6.99. The molecule has 2 aromatic heterocycles. The number of pyridine rings is 1. The van der Waals surface area contributed by atoms with Gasteiger partial charge in [0.1, 0.15) is 5.75 Å². The number of ether oxygens (including phenoxy) is 2. The van der Waals surface area contributed by atoms with E-state index in [1.807, 2.05) is 6.07 Å². The summed E-state index contributed by atoms with van der Waals surface area (Å²) in [7, 11) is 1.61. The lowest BCUT2D eigenvalue weighted by Crippen LogP contribution is -2.57. The van der Waals surface area contributed by atoms with Crippen molar-refractivity contribution in [3.05, 3.63) is 51.3 Å². The maximum atomic E-state index is 13.5. The highest BCUT2D eigenvalue weighted by Gasteiger charge is 2.46. The number of hydrogen-bond acceptors (Lipinski definition) is 10. The van der Waals surface area contributed by atoms with Gasteiger partial charge in [-0.05, 0) is 43.1 Å². The zero-order chi connectivity index (χ0) is 34.9. The van der Waals surface area contributed by atoms with Crippen molar-refractivity contribution < 1.29 is 27.5 Å². The van der Waals surface area contributed by atoms with E-state index in [1.165, 1.54) is 40.0 Å². The van der Waals surface area contributed by atoms with E-state index in [0.29, 0.717) is 38.2 Å². The zero-order valence-electron chi connectivity index (χ0n) is 28.7. The summed E-state index contributed by atoms with van der Waals surface area (Å²) in [5, 5.41) is 3.49. The van der Waals surface area contributed by atoms with Gasteiger partial charge in [0, 0.05) is 108 Å². The first-order chi connectivity index (χ1) is 23.4. The largest absolute Gasteiger partial charge is 0.496 e. The van der Waals surface area contributed by atoms with Gasteiger partial charge in [-0.1, -0.05) is 6.07 Å². The quantitative estimate of drug-likeness (QED) is 0.279. The molecule has 1 spiro atoms. The summed E-state index contributed by atoms with van der Waals surface area (Å²) in [6.45, 7) is 8.61. The molecule has 0 unspecified atom stereocenters. The Hall–Kier alpha value is -3.34.